The Morgan fingerprint density at radius 1 is 1.25 bits per heavy atom. The molecule has 2 aromatic heterocycles. The number of para-hydroxylation sites is 1. The van der Waals surface area contributed by atoms with Crippen molar-refractivity contribution in [3.05, 3.63) is 58.9 Å². The molecule has 1 fully saturated rings. The SMILES string of the molecule is Cc1cc(N2CC(c3noc(-c4n[nH]c5ccccc45)n3)CC2=O)ccc1Cl. The fourth-order valence-corrected chi connectivity index (χ4v) is 3.67. The molecule has 4 aromatic rings. The van der Waals surface area contributed by atoms with Gasteiger partial charge in [-0.3, -0.25) is 9.89 Å². The Labute approximate surface area is 165 Å². The van der Waals surface area contributed by atoms with Crippen molar-refractivity contribution in [2.45, 2.75) is 19.3 Å². The van der Waals surface area contributed by atoms with Gasteiger partial charge in [-0.2, -0.15) is 10.1 Å². The van der Waals surface area contributed by atoms with E-state index in [0.29, 0.717) is 35.4 Å². The number of aromatic amines is 1. The van der Waals surface area contributed by atoms with Crippen LogP contribution in [0.3, 0.4) is 0 Å². The summed E-state index contributed by atoms with van der Waals surface area (Å²) in [5, 5.41) is 13.0. The van der Waals surface area contributed by atoms with E-state index in [1.165, 1.54) is 0 Å². The van der Waals surface area contributed by atoms with Crippen LogP contribution in [0, 0.1) is 6.92 Å². The summed E-state index contributed by atoms with van der Waals surface area (Å²) in [6, 6.07) is 13.3. The lowest BCUT2D eigenvalue weighted by molar-refractivity contribution is -0.117. The predicted octanol–water partition coefficient (Wildman–Crippen LogP) is 4.10. The molecule has 1 N–H and O–H groups in total. The summed E-state index contributed by atoms with van der Waals surface area (Å²) >= 11 is 6.10. The summed E-state index contributed by atoms with van der Waals surface area (Å²) in [5.41, 5.74) is 3.28. The number of fused-ring (bicyclic) bond motifs is 1. The van der Waals surface area contributed by atoms with E-state index >= 15 is 0 Å². The molecule has 3 heterocycles. The lowest BCUT2D eigenvalue weighted by atomic mass is 10.1. The van der Waals surface area contributed by atoms with E-state index in [1.54, 1.807) is 4.90 Å². The summed E-state index contributed by atoms with van der Waals surface area (Å²) in [7, 11) is 0. The number of hydrogen-bond donors (Lipinski definition) is 1. The van der Waals surface area contributed by atoms with Gasteiger partial charge < -0.3 is 9.42 Å². The van der Waals surface area contributed by atoms with Gasteiger partial charge in [-0.1, -0.05) is 35.0 Å². The maximum absolute atomic E-state index is 12.6. The Morgan fingerprint density at radius 2 is 2.11 bits per heavy atom. The van der Waals surface area contributed by atoms with Crippen molar-refractivity contribution >= 4 is 34.1 Å². The number of amides is 1. The van der Waals surface area contributed by atoms with Gasteiger partial charge in [0.25, 0.3) is 5.89 Å². The maximum atomic E-state index is 12.6. The zero-order valence-corrected chi connectivity index (χ0v) is 15.8. The quantitative estimate of drug-likeness (QED) is 0.566. The molecule has 5 rings (SSSR count). The molecule has 1 amide bonds. The molecular formula is C20H16ClN5O2. The van der Waals surface area contributed by atoms with Gasteiger partial charge in [0, 0.05) is 35.0 Å². The number of benzene rings is 2. The van der Waals surface area contributed by atoms with Crippen LogP contribution in [-0.2, 0) is 4.79 Å². The number of aryl methyl sites for hydroxylation is 1. The van der Waals surface area contributed by atoms with E-state index in [2.05, 4.69) is 20.3 Å². The van der Waals surface area contributed by atoms with E-state index in [4.69, 9.17) is 16.1 Å². The Hall–Kier alpha value is -3.19. The van der Waals surface area contributed by atoms with Gasteiger partial charge in [-0.05, 0) is 36.8 Å². The summed E-state index contributed by atoms with van der Waals surface area (Å²) in [6.07, 6.45) is 0.335. The third-order valence-electron chi connectivity index (χ3n) is 5.06. The van der Waals surface area contributed by atoms with Gasteiger partial charge in [0.15, 0.2) is 11.5 Å². The topological polar surface area (TPSA) is 87.9 Å². The molecule has 0 aliphatic carbocycles. The minimum atomic E-state index is -0.133. The third kappa shape index (κ3) is 2.75. The van der Waals surface area contributed by atoms with E-state index in [0.717, 1.165) is 22.2 Å². The van der Waals surface area contributed by atoms with Crippen LogP contribution in [-0.4, -0.2) is 32.8 Å². The number of H-pyrrole nitrogens is 1. The van der Waals surface area contributed by atoms with Crippen LogP contribution in [0.15, 0.2) is 47.0 Å². The number of aromatic nitrogens is 4. The molecule has 28 heavy (non-hydrogen) atoms. The fraction of sp³-hybridized carbons (Fsp3) is 0.200. The Kier molecular flexibility index (Phi) is 3.91. The number of nitrogens with zero attached hydrogens (tertiary/aromatic N) is 4. The molecule has 0 saturated carbocycles. The Balaban J connectivity index is 1.42. The van der Waals surface area contributed by atoms with Crippen LogP contribution in [0.25, 0.3) is 22.5 Å². The molecule has 7 nitrogen and oxygen atoms in total. The molecule has 1 saturated heterocycles. The highest BCUT2D eigenvalue weighted by molar-refractivity contribution is 6.31. The molecular weight excluding hydrogens is 378 g/mol. The number of rotatable bonds is 3. The van der Waals surface area contributed by atoms with E-state index in [9.17, 15) is 4.79 Å². The Bertz CT molecular complexity index is 1200. The van der Waals surface area contributed by atoms with Crippen molar-refractivity contribution in [3.63, 3.8) is 0 Å². The largest absolute Gasteiger partial charge is 0.332 e. The van der Waals surface area contributed by atoms with E-state index < -0.39 is 0 Å². The zero-order valence-electron chi connectivity index (χ0n) is 15.0. The molecule has 1 aliphatic rings. The van der Waals surface area contributed by atoms with Crippen LogP contribution < -0.4 is 4.90 Å². The van der Waals surface area contributed by atoms with Gasteiger partial charge in [0.05, 0.1) is 5.52 Å². The number of carbonyl (C=O) groups is 1. The van der Waals surface area contributed by atoms with Crippen LogP contribution in [0.2, 0.25) is 5.02 Å². The standard InChI is InChI=1S/C20H16ClN5O2/c1-11-8-13(6-7-15(11)21)26-10-12(9-17(26)27)19-22-20(28-25-19)18-14-4-2-3-5-16(14)23-24-18/h2-8,12H,9-10H2,1H3,(H,23,24). The predicted molar refractivity (Wildman–Crippen MR) is 105 cm³/mol. The summed E-state index contributed by atoms with van der Waals surface area (Å²) in [4.78, 5) is 18.8. The monoisotopic (exact) mass is 393 g/mol. The highest BCUT2D eigenvalue weighted by Crippen LogP contribution is 2.33. The van der Waals surface area contributed by atoms with Crippen LogP contribution in [0.4, 0.5) is 5.69 Å². The van der Waals surface area contributed by atoms with Crippen LogP contribution >= 0.6 is 11.6 Å². The van der Waals surface area contributed by atoms with Gasteiger partial charge >= 0.3 is 0 Å². The first-order valence-corrected chi connectivity index (χ1v) is 9.31. The Morgan fingerprint density at radius 3 is 2.96 bits per heavy atom. The highest BCUT2D eigenvalue weighted by atomic mass is 35.5. The second-order valence-electron chi connectivity index (χ2n) is 6.91. The normalized spacial score (nSPS) is 17.0. The average molecular weight is 394 g/mol. The summed E-state index contributed by atoms with van der Waals surface area (Å²) < 4.78 is 5.45. The average Bonchev–Trinajstić information content (AvgIpc) is 3.41. The van der Waals surface area contributed by atoms with Gasteiger partial charge in [-0.25, -0.2) is 0 Å². The van der Waals surface area contributed by atoms with Crippen molar-refractivity contribution in [1.29, 1.82) is 0 Å². The molecule has 0 spiro atoms. The maximum Gasteiger partial charge on any atom is 0.279 e. The number of halogens is 1. The molecule has 1 aliphatic heterocycles. The van der Waals surface area contributed by atoms with Gasteiger partial charge in [0.1, 0.15) is 0 Å². The fourth-order valence-electron chi connectivity index (χ4n) is 3.55. The van der Waals surface area contributed by atoms with Crippen molar-refractivity contribution in [2.24, 2.45) is 0 Å². The highest BCUT2D eigenvalue weighted by Gasteiger charge is 2.35. The minimum absolute atomic E-state index is 0.0308. The van der Waals surface area contributed by atoms with Gasteiger partial charge in [0.2, 0.25) is 5.91 Å². The second kappa shape index (κ2) is 6.45. The molecule has 0 bridgehead atoms. The summed E-state index contributed by atoms with van der Waals surface area (Å²) in [5.74, 6) is 0.763. The second-order valence-corrected chi connectivity index (χ2v) is 7.32. The van der Waals surface area contributed by atoms with Gasteiger partial charge in [-0.15, -0.1) is 0 Å². The molecule has 2 aromatic carbocycles. The first kappa shape index (κ1) is 16.9. The van der Waals surface area contributed by atoms with E-state index in [-0.39, 0.29) is 11.8 Å². The first-order chi connectivity index (χ1) is 13.6. The number of hydrogen-bond acceptors (Lipinski definition) is 5. The lowest BCUT2D eigenvalue weighted by Gasteiger charge is -2.17. The number of anilines is 1. The minimum Gasteiger partial charge on any atom is -0.332 e. The smallest absolute Gasteiger partial charge is 0.279 e. The number of carbonyl (C=O) groups excluding carboxylic acids is 1. The molecule has 0 radical (unpaired) electrons. The third-order valence-corrected chi connectivity index (χ3v) is 5.48. The lowest BCUT2D eigenvalue weighted by Crippen LogP contribution is -2.24. The number of nitrogens with one attached hydrogen (secondary N) is 1. The van der Waals surface area contributed by atoms with Crippen molar-refractivity contribution in [1.82, 2.24) is 20.3 Å². The molecule has 1 unspecified atom stereocenters. The van der Waals surface area contributed by atoms with Crippen molar-refractivity contribution in [2.75, 3.05) is 11.4 Å². The molecule has 1 atom stereocenters. The molecule has 8 heteroatoms. The van der Waals surface area contributed by atoms with Crippen molar-refractivity contribution < 1.29 is 9.32 Å². The zero-order chi connectivity index (χ0) is 19.3. The van der Waals surface area contributed by atoms with E-state index in [1.807, 2.05) is 49.4 Å². The van der Waals surface area contributed by atoms with Crippen LogP contribution in [0.1, 0.15) is 23.7 Å². The first-order valence-electron chi connectivity index (χ1n) is 8.94. The van der Waals surface area contributed by atoms with Crippen LogP contribution in [0.5, 0.6) is 0 Å². The summed E-state index contributed by atoms with van der Waals surface area (Å²) in [6.45, 7) is 2.42. The van der Waals surface area contributed by atoms with Crippen molar-refractivity contribution in [3.8, 4) is 11.6 Å². The molecule has 140 valence electrons.